The van der Waals surface area contributed by atoms with Crippen molar-refractivity contribution in [3.05, 3.63) is 28.9 Å². The standard InChI is InChI=1S/C13H14BrN3O3/c1-18-8-4-5-11(19-2)10(6-8)16-13-15-7-9(14)12(17-13)20-3/h4-7H,1-3H3,(H,15,16,17). The molecular weight excluding hydrogens is 326 g/mol. The van der Waals surface area contributed by atoms with E-state index >= 15 is 0 Å². The Bertz CT molecular complexity index is 607. The zero-order valence-electron chi connectivity index (χ0n) is 11.3. The second kappa shape index (κ2) is 6.42. The zero-order chi connectivity index (χ0) is 14.5. The summed E-state index contributed by atoms with van der Waals surface area (Å²) in [6, 6.07) is 5.42. The number of halogens is 1. The smallest absolute Gasteiger partial charge is 0.232 e. The topological polar surface area (TPSA) is 65.5 Å². The second-order valence-corrected chi connectivity index (χ2v) is 4.60. The predicted octanol–water partition coefficient (Wildman–Crippen LogP) is 3.01. The van der Waals surface area contributed by atoms with Crippen LogP contribution in [0.1, 0.15) is 0 Å². The highest BCUT2D eigenvalue weighted by atomic mass is 79.9. The minimum absolute atomic E-state index is 0.400. The molecule has 0 saturated heterocycles. The van der Waals surface area contributed by atoms with Crippen LogP contribution in [0.15, 0.2) is 28.9 Å². The summed E-state index contributed by atoms with van der Waals surface area (Å²) in [5.74, 6) is 2.22. The molecule has 0 spiro atoms. The molecule has 6 nitrogen and oxygen atoms in total. The lowest BCUT2D eigenvalue weighted by atomic mass is 10.2. The third-order valence-corrected chi connectivity index (χ3v) is 3.10. The van der Waals surface area contributed by atoms with Crippen LogP contribution >= 0.6 is 15.9 Å². The summed E-state index contributed by atoms with van der Waals surface area (Å²) >= 11 is 3.30. The van der Waals surface area contributed by atoms with Crippen molar-refractivity contribution < 1.29 is 14.2 Å². The summed E-state index contributed by atoms with van der Waals surface area (Å²) in [6.07, 6.45) is 1.61. The van der Waals surface area contributed by atoms with Gasteiger partial charge in [-0.3, -0.25) is 0 Å². The number of nitrogens with one attached hydrogen (secondary N) is 1. The van der Waals surface area contributed by atoms with Gasteiger partial charge in [-0.1, -0.05) is 0 Å². The lowest BCUT2D eigenvalue weighted by molar-refractivity contribution is 0.394. The molecule has 106 valence electrons. The van der Waals surface area contributed by atoms with E-state index in [4.69, 9.17) is 14.2 Å². The van der Waals surface area contributed by atoms with E-state index in [2.05, 4.69) is 31.2 Å². The van der Waals surface area contributed by atoms with E-state index in [1.807, 2.05) is 6.07 Å². The number of ether oxygens (including phenoxy) is 3. The maximum Gasteiger partial charge on any atom is 0.232 e. The van der Waals surface area contributed by atoms with E-state index in [1.165, 1.54) is 0 Å². The Morgan fingerprint density at radius 2 is 1.90 bits per heavy atom. The number of anilines is 2. The van der Waals surface area contributed by atoms with Gasteiger partial charge >= 0.3 is 0 Å². The lowest BCUT2D eigenvalue weighted by Gasteiger charge is -2.12. The van der Waals surface area contributed by atoms with E-state index in [0.717, 1.165) is 0 Å². The van der Waals surface area contributed by atoms with Crippen LogP contribution in [0.5, 0.6) is 17.4 Å². The highest BCUT2D eigenvalue weighted by Crippen LogP contribution is 2.31. The molecule has 0 aliphatic heterocycles. The van der Waals surface area contributed by atoms with Gasteiger partial charge in [0, 0.05) is 6.07 Å². The van der Waals surface area contributed by atoms with Crippen molar-refractivity contribution in [2.75, 3.05) is 26.6 Å². The van der Waals surface area contributed by atoms with Gasteiger partial charge in [-0.05, 0) is 28.1 Å². The maximum atomic E-state index is 5.28. The van der Waals surface area contributed by atoms with Crippen molar-refractivity contribution in [1.82, 2.24) is 9.97 Å². The van der Waals surface area contributed by atoms with Crippen molar-refractivity contribution in [2.24, 2.45) is 0 Å². The predicted molar refractivity (Wildman–Crippen MR) is 79.1 cm³/mol. The Labute approximate surface area is 125 Å². The number of rotatable bonds is 5. The molecule has 2 aromatic rings. The van der Waals surface area contributed by atoms with E-state index in [-0.39, 0.29) is 0 Å². The van der Waals surface area contributed by atoms with Crippen LogP contribution in [0, 0.1) is 0 Å². The Balaban J connectivity index is 2.33. The Hall–Kier alpha value is -2.02. The van der Waals surface area contributed by atoms with Crippen LogP contribution in [0.25, 0.3) is 0 Å². The molecule has 1 N–H and O–H groups in total. The van der Waals surface area contributed by atoms with Crippen LogP contribution in [0.4, 0.5) is 11.6 Å². The van der Waals surface area contributed by atoms with Crippen molar-refractivity contribution in [2.45, 2.75) is 0 Å². The molecule has 1 heterocycles. The lowest BCUT2D eigenvalue weighted by Crippen LogP contribution is -2.01. The van der Waals surface area contributed by atoms with E-state index in [1.54, 1.807) is 39.7 Å². The molecule has 0 bridgehead atoms. The quantitative estimate of drug-likeness (QED) is 0.903. The second-order valence-electron chi connectivity index (χ2n) is 3.74. The van der Waals surface area contributed by atoms with Gasteiger partial charge in [0.05, 0.1) is 37.7 Å². The van der Waals surface area contributed by atoms with E-state index < -0.39 is 0 Å². The Kier molecular flexibility index (Phi) is 4.62. The van der Waals surface area contributed by atoms with Gasteiger partial charge in [0.2, 0.25) is 11.8 Å². The van der Waals surface area contributed by atoms with Gasteiger partial charge in [-0.2, -0.15) is 4.98 Å². The molecule has 0 aliphatic rings. The van der Waals surface area contributed by atoms with Crippen LogP contribution in [-0.2, 0) is 0 Å². The van der Waals surface area contributed by atoms with Crippen molar-refractivity contribution in [3.63, 3.8) is 0 Å². The third kappa shape index (κ3) is 3.11. The molecule has 0 fully saturated rings. The maximum absolute atomic E-state index is 5.28. The minimum Gasteiger partial charge on any atom is -0.497 e. The molecule has 0 saturated carbocycles. The van der Waals surface area contributed by atoms with Gasteiger partial charge in [0.1, 0.15) is 11.5 Å². The van der Waals surface area contributed by atoms with Gasteiger partial charge in [0.25, 0.3) is 0 Å². The fourth-order valence-corrected chi connectivity index (χ4v) is 1.94. The van der Waals surface area contributed by atoms with Crippen molar-refractivity contribution in [1.29, 1.82) is 0 Å². The number of hydrogen-bond donors (Lipinski definition) is 1. The molecule has 2 rings (SSSR count). The zero-order valence-corrected chi connectivity index (χ0v) is 12.9. The molecular formula is C13H14BrN3O3. The fraction of sp³-hybridized carbons (Fsp3) is 0.231. The van der Waals surface area contributed by atoms with Gasteiger partial charge < -0.3 is 19.5 Å². The fourth-order valence-electron chi connectivity index (χ4n) is 1.59. The molecule has 0 atom stereocenters. The summed E-state index contributed by atoms with van der Waals surface area (Å²) in [4.78, 5) is 8.40. The average Bonchev–Trinajstić information content (AvgIpc) is 2.49. The highest BCUT2D eigenvalue weighted by Gasteiger charge is 2.09. The van der Waals surface area contributed by atoms with Gasteiger partial charge in [-0.15, -0.1) is 0 Å². The third-order valence-electron chi connectivity index (χ3n) is 2.56. The first-order valence-electron chi connectivity index (χ1n) is 5.73. The van der Waals surface area contributed by atoms with Crippen LogP contribution in [0.2, 0.25) is 0 Å². The summed E-state index contributed by atoms with van der Waals surface area (Å²) in [5.41, 5.74) is 0.705. The first-order chi connectivity index (χ1) is 9.67. The minimum atomic E-state index is 0.400. The molecule has 0 unspecified atom stereocenters. The van der Waals surface area contributed by atoms with Gasteiger partial charge in [-0.25, -0.2) is 4.98 Å². The van der Waals surface area contributed by atoms with Crippen molar-refractivity contribution in [3.8, 4) is 17.4 Å². The highest BCUT2D eigenvalue weighted by molar-refractivity contribution is 9.10. The molecule has 20 heavy (non-hydrogen) atoms. The van der Waals surface area contributed by atoms with Crippen LogP contribution in [-0.4, -0.2) is 31.3 Å². The molecule has 0 aliphatic carbocycles. The summed E-state index contributed by atoms with van der Waals surface area (Å²) < 4.78 is 16.3. The number of aromatic nitrogens is 2. The Morgan fingerprint density at radius 3 is 2.55 bits per heavy atom. The SMILES string of the molecule is COc1ccc(OC)c(Nc2ncc(Br)c(OC)n2)c1. The van der Waals surface area contributed by atoms with Crippen molar-refractivity contribution >= 4 is 27.6 Å². The molecule has 1 aromatic heterocycles. The van der Waals surface area contributed by atoms with Crippen LogP contribution < -0.4 is 19.5 Å². The van der Waals surface area contributed by atoms with E-state index in [0.29, 0.717) is 33.5 Å². The summed E-state index contributed by atoms with van der Waals surface area (Å²) in [6.45, 7) is 0. The largest absolute Gasteiger partial charge is 0.497 e. The van der Waals surface area contributed by atoms with E-state index in [9.17, 15) is 0 Å². The molecule has 7 heteroatoms. The normalized spacial score (nSPS) is 10.0. The molecule has 1 aromatic carbocycles. The average molecular weight is 340 g/mol. The number of methoxy groups -OCH3 is 3. The molecule has 0 radical (unpaired) electrons. The first kappa shape index (κ1) is 14.4. The monoisotopic (exact) mass is 339 g/mol. The van der Waals surface area contributed by atoms with Gasteiger partial charge in [0.15, 0.2) is 0 Å². The Morgan fingerprint density at radius 1 is 1.10 bits per heavy atom. The number of benzene rings is 1. The molecule has 0 amide bonds. The van der Waals surface area contributed by atoms with Crippen LogP contribution in [0.3, 0.4) is 0 Å². The number of nitrogens with zero attached hydrogens (tertiary/aromatic N) is 2. The number of hydrogen-bond acceptors (Lipinski definition) is 6. The first-order valence-corrected chi connectivity index (χ1v) is 6.52. The summed E-state index contributed by atoms with van der Waals surface area (Å²) in [7, 11) is 4.74. The summed E-state index contributed by atoms with van der Waals surface area (Å²) in [5, 5.41) is 3.07.